The van der Waals surface area contributed by atoms with Gasteiger partial charge in [0.05, 0.1) is 6.54 Å². The van der Waals surface area contributed by atoms with Crippen molar-refractivity contribution in [2.45, 2.75) is 31.7 Å². The number of piperidine rings is 1. The molecule has 2 amide bonds. The van der Waals surface area contributed by atoms with Crippen molar-refractivity contribution in [2.24, 2.45) is 7.05 Å². The lowest BCUT2D eigenvalue weighted by molar-refractivity contribution is -0.118. The summed E-state index contributed by atoms with van der Waals surface area (Å²) in [6.07, 6.45) is 5.96. The van der Waals surface area contributed by atoms with Crippen molar-refractivity contribution >= 4 is 17.6 Å². The highest BCUT2D eigenvalue weighted by Crippen LogP contribution is 2.19. The molecular formula is C20H27N5O2. The van der Waals surface area contributed by atoms with Gasteiger partial charge in [0.1, 0.15) is 0 Å². The molecule has 0 unspecified atom stereocenters. The fraction of sp³-hybridized carbons (Fsp3) is 0.450. The van der Waals surface area contributed by atoms with E-state index in [4.69, 9.17) is 0 Å². The van der Waals surface area contributed by atoms with E-state index in [1.54, 1.807) is 16.9 Å². The number of rotatable bonds is 7. The Hall–Kier alpha value is -2.67. The zero-order valence-electron chi connectivity index (χ0n) is 15.7. The van der Waals surface area contributed by atoms with E-state index in [1.807, 2.05) is 37.4 Å². The number of aromatic nitrogens is 2. The quantitative estimate of drug-likeness (QED) is 0.783. The first-order valence-electron chi connectivity index (χ1n) is 9.48. The maximum atomic E-state index is 12.3. The molecule has 0 bridgehead atoms. The standard InChI is InChI=1S/C20H27N5O2/c1-24-14-11-18(23-24)22-19(26)15-25-13-6-5-9-17(25)10-12-21-20(27)16-7-3-2-4-8-16/h2-4,7-8,11,14,17H,5-6,9-10,12-13,15H2,1H3,(H,21,27)(H,22,23,26)/t17-/m0/s1. The van der Waals surface area contributed by atoms with Crippen molar-refractivity contribution in [1.29, 1.82) is 0 Å². The lowest BCUT2D eigenvalue weighted by Gasteiger charge is -2.35. The Kier molecular flexibility index (Phi) is 6.59. The minimum Gasteiger partial charge on any atom is -0.352 e. The Morgan fingerprint density at radius 2 is 2.00 bits per heavy atom. The first-order chi connectivity index (χ1) is 13.1. The predicted molar refractivity (Wildman–Crippen MR) is 104 cm³/mol. The lowest BCUT2D eigenvalue weighted by atomic mass is 9.99. The number of nitrogens with one attached hydrogen (secondary N) is 2. The molecule has 2 aromatic rings. The number of nitrogens with zero attached hydrogens (tertiary/aromatic N) is 3. The van der Waals surface area contributed by atoms with Crippen molar-refractivity contribution in [3.8, 4) is 0 Å². The molecule has 0 radical (unpaired) electrons. The molecule has 2 heterocycles. The van der Waals surface area contributed by atoms with E-state index in [-0.39, 0.29) is 11.8 Å². The predicted octanol–water partition coefficient (Wildman–Crippen LogP) is 2.03. The topological polar surface area (TPSA) is 79.3 Å². The molecule has 27 heavy (non-hydrogen) atoms. The summed E-state index contributed by atoms with van der Waals surface area (Å²) in [5, 5.41) is 10.0. The SMILES string of the molecule is Cn1ccc(NC(=O)CN2CCCC[C@H]2CCNC(=O)c2ccccc2)n1. The van der Waals surface area contributed by atoms with E-state index in [0.29, 0.717) is 30.5 Å². The highest BCUT2D eigenvalue weighted by Gasteiger charge is 2.24. The van der Waals surface area contributed by atoms with E-state index in [2.05, 4.69) is 20.6 Å². The second-order valence-electron chi connectivity index (χ2n) is 6.95. The van der Waals surface area contributed by atoms with Gasteiger partial charge in [0.15, 0.2) is 5.82 Å². The van der Waals surface area contributed by atoms with Gasteiger partial charge in [0.2, 0.25) is 5.91 Å². The molecule has 1 atom stereocenters. The van der Waals surface area contributed by atoms with Crippen LogP contribution in [-0.2, 0) is 11.8 Å². The normalized spacial score (nSPS) is 17.4. The number of hydrogen-bond donors (Lipinski definition) is 2. The molecule has 1 aromatic carbocycles. The molecule has 7 nitrogen and oxygen atoms in total. The second-order valence-corrected chi connectivity index (χ2v) is 6.95. The Labute approximate surface area is 159 Å². The van der Waals surface area contributed by atoms with Crippen LogP contribution >= 0.6 is 0 Å². The van der Waals surface area contributed by atoms with Gasteiger partial charge in [0, 0.05) is 37.5 Å². The summed E-state index contributed by atoms with van der Waals surface area (Å²) < 4.78 is 1.66. The summed E-state index contributed by atoms with van der Waals surface area (Å²) in [6, 6.07) is 11.3. The molecule has 1 aromatic heterocycles. The van der Waals surface area contributed by atoms with E-state index in [1.165, 1.54) is 0 Å². The minimum atomic E-state index is -0.0501. The van der Waals surface area contributed by atoms with E-state index >= 15 is 0 Å². The second kappa shape index (κ2) is 9.32. The summed E-state index contributed by atoms with van der Waals surface area (Å²) in [4.78, 5) is 26.7. The van der Waals surface area contributed by atoms with Gasteiger partial charge in [-0.25, -0.2) is 0 Å². The molecule has 1 aliphatic rings. The van der Waals surface area contributed by atoms with Crippen LogP contribution in [-0.4, -0.2) is 52.2 Å². The highest BCUT2D eigenvalue weighted by atomic mass is 16.2. The fourth-order valence-electron chi connectivity index (χ4n) is 3.49. The van der Waals surface area contributed by atoms with Crippen molar-refractivity contribution < 1.29 is 9.59 Å². The number of hydrogen-bond acceptors (Lipinski definition) is 4. The zero-order valence-corrected chi connectivity index (χ0v) is 15.7. The molecule has 3 rings (SSSR count). The van der Waals surface area contributed by atoms with Crippen molar-refractivity contribution in [2.75, 3.05) is 25.0 Å². The van der Waals surface area contributed by atoms with E-state index in [9.17, 15) is 9.59 Å². The zero-order chi connectivity index (χ0) is 19.1. The molecule has 0 saturated carbocycles. The number of aryl methyl sites for hydroxylation is 1. The van der Waals surface area contributed by atoms with Crippen LogP contribution in [0.1, 0.15) is 36.0 Å². The highest BCUT2D eigenvalue weighted by molar-refractivity contribution is 5.94. The first kappa shape index (κ1) is 19.1. The van der Waals surface area contributed by atoms with Crippen LogP contribution in [0.25, 0.3) is 0 Å². The van der Waals surface area contributed by atoms with E-state index < -0.39 is 0 Å². The molecule has 1 aliphatic heterocycles. The average molecular weight is 369 g/mol. The summed E-state index contributed by atoms with van der Waals surface area (Å²) in [5.74, 6) is 0.478. The third-order valence-electron chi connectivity index (χ3n) is 4.88. The average Bonchev–Trinajstić information content (AvgIpc) is 3.08. The van der Waals surface area contributed by atoms with Crippen LogP contribution in [0.4, 0.5) is 5.82 Å². The Bertz CT molecular complexity index is 759. The summed E-state index contributed by atoms with van der Waals surface area (Å²) in [7, 11) is 1.82. The van der Waals surface area contributed by atoms with Crippen molar-refractivity contribution in [1.82, 2.24) is 20.0 Å². The number of amides is 2. The maximum Gasteiger partial charge on any atom is 0.251 e. The lowest BCUT2D eigenvalue weighted by Crippen LogP contribution is -2.45. The van der Waals surface area contributed by atoms with Crippen LogP contribution < -0.4 is 10.6 Å². The Balaban J connectivity index is 1.46. The number of carbonyl (C=O) groups excluding carboxylic acids is 2. The number of benzene rings is 1. The molecule has 0 spiro atoms. The molecule has 2 N–H and O–H groups in total. The van der Waals surface area contributed by atoms with Gasteiger partial charge in [-0.05, 0) is 37.9 Å². The smallest absolute Gasteiger partial charge is 0.251 e. The third kappa shape index (κ3) is 5.65. The minimum absolute atomic E-state index is 0.0473. The van der Waals surface area contributed by atoms with Crippen LogP contribution in [0.15, 0.2) is 42.6 Å². The van der Waals surface area contributed by atoms with E-state index in [0.717, 1.165) is 32.2 Å². The number of anilines is 1. The van der Waals surface area contributed by atoms with Crippen LogP contribution in [0.5, 0.6) is 0 Å². The van der Waals surface area contributed by atoms with Gasteiger partial charge in [-0.3, -0.25) is 19.2 Å². The van der Waals surface area contributed by atoms with Gasteiger partial charge in [-0.2, -0.15) is 5.10 Å². The summed E-state index contributed by atoms with van der Waals surface area (Å²) in [6.45, 7) is 1.87. The van der Waals surface area contributed by atoms with Gasteiger partial charge >= 0.3 is 0 Å². The maximum absolute atomic E-state index is 12.3. The molecule has 144 valence electrons. The van der Waals surface area contributed by atoms with Crippen LogP contribution in [0, 0.1) is 0 Å². The molecule has 1 fully saturated rings. The molecular weight excluding hydrogens is 342 g/mol. The van der Waals surface area contributed by atoms with Gasteiger partial charge in [-0.15, -0.1) is 0 Å². The summed E-state index contributed by atoms with van der Waals surface area (Å²) in [5.41, 5.74) is 0.674. The largest absolute Gasteiger partial charge is 0.352 e. The Morgan fingerprint density at radius 1 is 1.19 bits per heavy atom. The van der Waals surface area contributed by atoms with Crippen molar-refractivity contribution in [3.05, 3.63) is 48.2 Å². The van der Waals surface area contributed by atoms with Crippen molar-refractivity contribution in [3.63, 3.8) is 0 Å². The Morgan fingerprint density at radius 3 is 2.74 bits per heavy atom. The first-order valence-corrected chi connectivity index (χ1v) is 9.48. The van der Waals surface area contributed by atoms with Gasteiger partial charge < -0.3 is 10.6 Å². The third-order valence-corrected chi connectivity index (χ3v) is 4.88. The summed E-state index contributed by atoms with van der Waals surface area (Å²) >= 11 is 0. The number of carbonyl (C=O) groups is 2. The monoisotopic (exact) mass is 369 g/mol. The number of likely N-dealkylation sites (tertiary alicyclic amines) is 1. The van der Waals surface area contributed by atoms with Crippen LogP contribution in [0.2, 0.25) is 0 Å². The molecule has 7 heteroatoms. The van der Waals surface area contributed by atoms with Gasteiger partial charge in [0.25, 0.3) is 5.91 Å². The fourth-order valence-corrected chi connectivity index (χ4v) is 3.49. The van der Waals surface area contributed by atoms with Crippen LogP contribution in [0.3, 0.4) is 0 Å². The molecule has 1 saturated heterocycles. The molecule has 0 aliphatic carbocycles. The van der Waals surface area contributed by atoms with Gasteiger partial charge in [-0.1, -0.05) is 24.6 Å².